The number of fused-ring (bicyclic) bond motifs is 2. The number of rotatable bonds is 7. The number of nitrogens with one attached hydrogen (secondary N) is 3. The van der Waals surface area contributed by atoms with Gasteiger partial charge in [-0.05, 0) is 56.6 Å². The number of piperidine rings is 1. The van der Waals surface area contributed by atoms with Crippen molar-refractivity contribution in [3.8, 4) is 0 Å². The van der Waals surface area contributed by atoms with Gasteiger partial charge in [-0.2, -0.15) is 0 Å². The molecule has 0 radical (unpaired) electrons. The summed E-state index contributed by atoms with van der Waals surface area (Å²) in [4.78, 5) is 16.4. The molecule has 2 aliphatic heterocycles. The predicted octanol–water partition coefficient (Wildman–Crippen LogP) is 3.07. The van der Waals surface area contributed by atoms with Crippen molar-refractivity contribution in [1.29, 1.82) is 0 Å². The van der Waals surface area contributed by atoms with Crippen molar-refractivity contribution in [3.05, 3.63) is 23.9 Å². The predicted molar refractivity (Wildman–Crippen MR) is 107 cm³/mol. The average Bonchev–Trinajstić information content (AvgIpc) is 2.87. The summed E-state index contributed by atoms with van der Waals surface area (Å²) in [5.41, 5.74) is 1.16. The van der Waals surface area contributed by atoms with Crippen molar-refractivity contribution in [1.82, 2.24) is 15.6 Å². The third-order valence-corrected chi connectivity index (χ3v) is 4.94. The van der Waals surface area contributed by atoms with E-state index in [-0.39, 0.29) is 30.7 Å². The van der Waals surface area contributed by atoms with Crippen LogP contribution in [0.3, 0.4) is 0 Å². The van der Waals surface area contributed by atoms with Gasteiger partial charge >= 0.3 is 0 Å². The van der Waals surface area contributed by atoms with E-state index in [0.717, 1.165) is 30.9 Å². The van der Waals surface area contributed by atoms with E-state index in [1.807, 2.05) is 25.3 Å². The Morgan fingerprint density at radius 1 is 1.20 bits per heavy atom. The van der Waals surface area contributed by atoms with Gasteiger partial charge in [0.25, 0.3) is 0 Å². The van der Waals surface area contributed by atoms with Crippen LogP contribution in [0.25, 0.3) is 0 Å². The van der Waals surface area contributed by atoms with E-state index < -0.39 is 0 Å². The monoisotopic (exact) mass is 388 g/mol. The van der Waals surface area contributed by atoms with E-state index in [4.69, 9.17) is 0 Å². The Morgan fingerprint density at radius 3 is 2.56 bits per heavy atom. The maximum atomic E-state index is 12.1. The molecule has 2 bridgehead atoms. The van der Waals surface area contributed by atoms with E-state index >= 15 is 0 Å². The molecule has 1 aromatic rings. The highest BCUT2D eigenvalue weighted by Crippen LogP contribution is 2.32. The van der Waals surface area contributed by atoms with Crippen LogP contribution in [0.15, 0.2) is 18.3 Å². The Hall–Kier alpha value is -1.04. The molecular weight excluding hydrogens is 359 g/mol. The smallest absolute Gasteiger partial charge is 0.220 e. The first kappa shape index (κ1) is 22.0. The van der Waals surface area contributed by atoms with E-state index in [0.29, 0.717) is 24.4 Å². The van der Waals surface area contributed by atoms with Crippen LogP contribution in [-0.4, -0.2) is 36.1 Å². The molecule has 3 heterocycles. The highest BCUT2D eigenvalue weighted by molar-refractivity contribution is 5.85. The van der Waals surface area contributed by atoms with Crippen molar-refractivity contribution >= 4 is 36.5 Å². The molecule has 2 unspecified atom stereocenters. The largest absolute Gasteiger partial charge is 0.370 e. The first-order valence-electron chi connectivity index (χ1n) is 8.88. The zero-order valence-corrected chi connectivity index (χ0v) is 16.4. The topological polar surface area (TPSA) is 66.0 Å². The average molecular weight is 389 g/mol. The second-order valence-electron chi connectivity index (χ2n) is 7.03. The van der Waals surface area contributed by atoms with Gasteiger partial charge in [-0.1, -0.05) is 6.07 Å². The van der Waals surface area contributed by atoms with E-state index in [1.54, 1.807) is 0 Å². The summed E-state index contributed by atoms with van der Waals surface area (Å²) in [6.07, 6.45) is 8.40. The van der Waals surface area contributed by atoms with Crippen molar-refractivity contribution in [2.45, 2.75) is 57.5 Å². The molecule has 5 nitrogen and oxygen atoms in total. The quantitative estimate of drug-likeness (QED) is 0.627. The van der Waals surface area contributed by atoms with E-state index in [9.17, 15) is 4.79 Å². The number of nitrogens with zero attached hydrogens (tertiary/aromatic N) is 1. The number of aryl methyl sites for hydroxylation is 1. The van der Waals surface area contributed by atoms with Gasteiger partial charge in [0, 0.05) is 37.8 Å². The fraction of sp³-hybridized carbons (Fsp3) is 0.667. The van der Waals surface area contributed by atoms with Gasteiger partial charge in [-0.3, -0.25) is 4.79 Å². The molecular formula is C18H30Cl2N4O. The molecule has 0 aromatic carbocycles. The molecule has 3 N–H and O–H groups in total. The summed E-state index contributed by atoms with van der Waals surface area (Å²) >= 11 is 0. The van der Waals surface area contributed by atoms with Gasteiger partial charge in [0.1, 0.15) is 5.82 Å². The maximum Gasteiger partial charge on any atom is 0.220 e. The standard InChI is InChI=1S/C18H28N4O.2ClH/c1-13-3-6-17(21-12-13)19-7-2-8-20-18(23)11-14-9-15-4-5-16(10-14)22-15;;/h3,6,12,14-16,22H,2,4-5,7-11H2,1H3,(H,19,21)(H,20,23);2*1H. The molecule has 1 amide bonds. The van der Waals surface area contributed by atoms with Gasteiger partial charge in [0.05, 0.1) is 0 Å². The number of aromatic nitrogens is 1. The first-order chi connectivity index (χ1) is 11.2. The molecule has 2 aliphatic rings. The molecule has 2 fully saturated rings. The molecule has 1 aromatic heterocycles. The summed E-state index contributed by atoms with van der Waals surface area (Å²) in [6, 6.07) is 5.36. The number of hydrogen-bond donors (Lipinski definition) is 3. The number of carbonyl (C=O) groups excluding carboxylic acids is 1. The van der Waals surface area contributed by atoms with Crippen LogP contribution >= 0.6 is 24.8 Å². The summed E-state index contributed by atoms with van der Waals surface area (Å²) in [7, 11) is 0. The molecule has 0 aliphatic carbocycles. The van der Waals surface area contributed by atoms with E-state index in [2.05, 4.69) is 20.9 Å². The molecule has 2 saturated heterocycles. The fourth-order valence-electron chi connectivity index (χ4n) is 3.78. The van der Waals surface area contributed by atoms with Crippen LogP contribution in [0.2, 0.25) is 0 Å². The minimum atomic E-state index is 0. The molecule has 7 heteroatoms. The highest BCUT2D eigenvalue weighted by Gasteiger charge is 2.33. The van der Waals surface area contributed by atoms with Crippen LogP contribution in [0.4, 0.5) is 5.82 Å². The zero-order valence-electron chi connectivity index (χ0n) is 14.8. The van der Waals surface area contributed by atoms with Crippen LogP contribution in [0.5, 0.6) is 0 Å². The number of halogens is 2. The summed E-state index contributed by atoms with van der Waals surface area (Å²) in [5.74, 6) is 1.68. The van der Waals surface area contributed by atoms with Gasteiger partial charge in [-0.25, -0.2) is 4.98 Å². The molecule has 25 heavy (non-hydrogen) atoms. The second kappa shape index (κ2) is 10.8. The minimum Gasteiger partial charge on any atom is -0.370 e. The van der Waals surface area contributed by atoms with Crippen molar-refractivity contribution in [3.63, 3.8) is 0 Å². The molecule has 2 atom stereocenters. The summed E-state index contributed by atoms with van der Waals surface area (Å²) in [5, 5.41) is 9.96. The second-order valence-corrected chi connectivity index (χ2v) is 7.03. The fourth-order valence-corrected chi connectivity index (χ4v) is 3.78. The summed E-state index contributed by atoms with van der Waals surface area (Å²) < 4.78 is 0. The molecule has 142 valence electrons. The van der Waals surface area contributed by atoms with Crippen LogP contribution in [0.1, 0.15) is 44.1 Å². The van der Waals surface area contributed by atoms with E-state index in [1.165, 1.54) is 25.7 Å². The Bertz CT molecular complexity index is 514. The molecule has 0 spiro atoms. The third kappa shape index (κ3) is 7.00. The Balaban J connectivity index is 0.00000156. The number of amides is 1. The lowest BCUT2D eigenvalue weighted by molar-refractivity contribution is -0.122. The van der Waals surface area contributed by atoms with Gasteiger partial charge in [0.2, 0.25) is 5.91 Å². The number of pyridine rings is 1. The van der Waals surface area contributed by atoms with Crippen LogP contribution < -0.4 is 16.0 Å². The van der Waals surface area contributed by atoms with Crippen LogP contribution in [0, 0.1) is 12.8 Å². The zero-order chi connectivity index (χ0) is 16.1. The maximum absolute atomic E-state index is 12.1. The van der Waals surface area contributed by atoms with Gasteiger partial charge in [-0.15, -0.1) is 24.8 Å². The normalized spacial score (nSPS) is 24.0. The third-order valence-electron chi connectivity index (χ3n) is 4.94. The first-order valence-corrected chi connectivity index (χ1v) is 8.88. The lowest BCUT2D eigenvalue weighted by Gasteiger charge is -2.28. The van der Waals surface area contributed by atoms with Gasteiger partial charge < -0.3 is 16.0 Å². The van der Waals surface area contributed by atoms with Crippen molar-refractivity contribution in [2.75, 3.05) is 18.4 Å². The van der Waals surface area contributed by atoms with Gasteiger partial charge in [0.15, 0.2) is 0 Å². The lowest BCUT2D eigenvalue weighted by Crippen LogP contribution is -2.39. The van der Waals surface area contributed by atoms with Crippen molar-refractivity contribution in [2.24, 2.45) is 5.92 Å². The number of hydrogen-bond acceptors (Lipinski definition) is 4. The number of anilines is 1. The highest BCUT2D eigenvalue weighted by atomic mass is 35.5. The van der Waals surface area contributed by atoms with Crippen LogP contribution in [-0.2, 0) is 4.79 Å². The minimum absolute atomic E-state index is 0. The molecule has 3 rings (SSSR count). The SMILES string of the molecule is Cc1ccc(NCCCNC(=O)CC2CC3CCC(C2)N3)nc1.Cl.Cl. The Labute approximate surface area is 163 Å². The lowest BCUT2D eigenvalue weighted by atomic mass is 9.89. The summed E-state index contributed by atoms with van der Waals surface area (Å²) in [6.45, 7) is 3.59. The Morgan fingerprint density at radius 2 is 1.92 bits per heavy atom. The van der Waals surface area contributed by atoms with Crippen molar-refractivity contribution < 1.29 is 4.79 Å². The Kier molecular flexibility index (Phi) is 9.54. The molecule has 0 saturated carbocycles. The number of carbonyl (C=O) groups is 1.